The Balaban J connectivity index is 0.00000261. The molecule has 3 rings (SSSR count). The van der Waals surface area contributed by atoms with Gasteiger partial charge in [-0.05, 0) is 13.3 Å². The van der Waals surface area contributed by atoms with Crippen LogP contribution in [0.3, 0.4) is 0 Å². The zero-order valence-corrected chi connectivity index (χ0v) is 19.6. The van der Waals surface area contributed by atoms with Crippen molar-refractivity contribution in [3.8, 4) is 0 Å². The first-order valence-electron chi connectivity index (χ1n) is 9.11. The normalized spacial score (nSPS) is 17.7. The number of rotatable bonds is 5. The summed E-state index contributed by atoms with van der Waals surface area (Å²) in [4.78, 5) is 12.8. The summed E-state index contributed by atoms with van der Waals surface area (Å²) in [5.74, 6) is 0.922. The fourth-order valence-electron chi connectivity index (χ4n) is 3.19. The number of aryl methyl sites for hydroxylation is 3. The van der Waals surface area contributed by atoms with Crippen LogP contribution in [0.25, 0.3) is 0 Å². The van der Waals surface area contributed by atoms with E-state index in [-0.39, 0.29) is 30.1 Å². The summed E-state index contributed by atoms with van der Waals surface area (Å²) in [5, 5.41) is 8.92. The molecule has 150 valence electrons. The molecule has 1 unspecified atom stereocenters. The third-order valence-electron chi connectivity index (χ3n) is 4.57. The molecule has 1 aliphatic heterocycles. The Bertz CT molecular complexity index is 759. The molecule has 27 heavy (non-hydrogen) atoms. The van der Waals surface area contributed by atoms with Crippen LogP contribution in [0.4, 0.5) is 0 Å². The van der Waals surface area contributed by atoms with E-state index in [1.165, 1.54) is 15.6 Å². The van der Waals surface area contributed by atoms with Crippen LogP contribution in [-0.2, 0) is 24.6 Å². The number of morpholine rings is 1. The summed E-state index contributed by atoms with van der Waals surface area (Å²) < 4.78 is 7.73. The van der Waals surface area contributed by atoms with Gasteiger partial charge in [-0.25, -0.2) is 4.98 Å². The minimum Gasteiger partial charge on any atom is -0.370 e. The first-order chi connectivity index (χ1) is 12.6. The van der Waals surface area contributed by atoms with Crippen molar-refractivity contribution in [3.05, 3.63) is 33.5 Å². The maximum absolute atomic E-state index is 5.92. The highest BCUT2D eigenvalue weighted by atomic mass is 127. The first kappa shape index (κ1) is 22.1. The molecule has 9 heteroatoms. The van der Waals surface area contributed by atoms with Gasteiger partial charge in [0.2, 0.25) is 0 Å². The summed E-state index contributed by atoms with van der Waals surface area (Å²) in [6, 6.07) is 0. The van der Waals surface area contributed by atoms with Crippen LogP contribution < -0.4 is 5.32 Å². The fourth-order valence-corrected chi connectivity index (χ4v) is 4.21. The predicted molar refractivity (Wildman–Crippen MR) is 120 cm³/mol. The lowest BCUT2D eigenvalue weighted by molar-refractivity contribution is -0.00800. The topological polar surface area (TPSA) is 67.6 Å². The van der Waals surface area contributed by atoms with Gasteiger partial charge in [-0.3, -0.25) is 9.67 Å². The van der Waals surface area contributed by atoms with E-state index in [1.54, 1.807) is 11.3 Å². The Morgan fingerprint density at radius 3 is 2.93 bits per heavy atom. The number of nitrogens with one attached hydrogen (secondary N) is 1. The first-order valence-corrected chi connectivity index (χ1v) is 9.93. The van der Waals surface area contributed by atoms with E-state index < -0.39 is 0 Å². The van der Waals surface area contributed by atoms with Gasteiger partial charge in [0.05, 0.1) is 30.1 Å². The van der Waals surface area contributed by atoms with Gasteiger partial charge in [0, 0.05) is 50.2 Å². The van der Waals surface area contributed by atoms with E-state index in [1.807, 2.05) is 31.2 Å². The molecule has 0 aliphatic carbocycles. The van der Waals surface area contributed by atoms with E-state index in [4.69, 9.17) is 9.72 Å². The second-order valence-corrected chi connectivity index (χ2v) is 7.73. The zero-order valence-electron chi connectivity index (χ0n) is 16.4. The van der Waals surface area contributed by atoms with E-state index in [0.717, 1.165) is 44.0 Å². The summed E-state index contributed by atoms with van der Waals surface area (Å²) in [6.45, 7) is 7.44. The van der Waals surface area contributed by atoms with Crippen LogP contribution in [0.1, 0.15) is 34.2 Å². The van der Waals surface area contributed by atoms with Crippen LogP contribution in [0.15, 0.2) is 17.4 Å². The quantitative estimate of drug-likeness (QED) is 0.385. The van der Waals surface area contributed by atoms with Crippen molar-refractivity contribution >= 4 is 41.3 Å². The predicted octanol–water partition coefficient (Wildman–Crippen LogP) is 2.56. The van der Waals surface area contributed by atoms with Crippen molar-refractivity contribution < 1.29 is 4.74 Å². The number of nitrogens with zero attached hydrogens (tertiary/aromatic N) is 5. The third-order valence-corrected chi connectivity index (χ3v) is 5.64. The van der Waals surface area contributed by atoms with Crippen LogP contribution >= 0.6 is 35.3 Å². The minimum absolute atomic E-state index is 0. The summed E-state index contributed by atoms with van der Waals surface area (Å²) in [5.41, 5.74) is 2.33. The lowest BCUT2D eigenvalue weighted by atomic mass is 10.1. The Labute approximate surface area is 182 Å². The van der Waals surface area contributed by atoms with Crippen molar-refractivity contribution in [1.29, 1.82) is 0 Å². The molecule has 7 nitrogen and oxygen atoms in total. The van der Waals surface area contributed by atoms with E-state index in [9.17, 15) is 0 Å². The highest BCUT2D eigenvalue weighted by Gasteiger charge is 2.25. The fraction of sp³-hybridized carbons (Fsp3) is 0.611. The SMILES string of the molecule is CCc1nc(CCNC(=NC)N2CCOC(c3cnn(C)c3)C2)sc1C.I. The monoisotopic (exact) mass is 504 g/mol. The maximum atomic E-state index is 5.92. The molecule has 1 aliphatic rings. The van der Waals surface area contributed by atoms with Crippen LogP contribution in [0.2, 0.25) is 0 Å². The molecule has 1 atom stereocenters. The van der Waals surface area contributed by atoms with E-state index in [0.29, 0.717) is 6.61 Å². The maximum Gasteiger partial charge on any atom is 0.193 e. The number of hydrogen-bond acceptors (Lipinski definition) is 5. The van der Waals surface area contributed by atoms with Gasteiger partial charge in [0.1, 0.15) is 6.10 Å². The Kier molecular flexibility index (Phi) is 8.49. The molecule has 1 saturated heterocycles. The minimum atomic E-state index is 0. The van der Waals surface area contributed by atoms with Gasteiger partial charge in [-0.2, -0.15) is 5.10 Å². The average Bonchev–Trinajstić information content (AvgIpc) is 3.24. The average molecular weight is 504 g/mol. The summed E-state index contributed by atoms with van der Waals surface area (Å²) in [7, 11) is 3.76. The zero-order chi connectivity index (χ0) is 18.5. The number of hydrogen-bond donors (Lipinski definition) is 1. The van der Waals surface area contributed by atoms with Crippen molar-refractivity contribution in [1.82, 2.24) is 25.0 Å². The van der Waals surface area contributed by atoms with Crippen molar-refractivity contribution in [2.75, 3.05) is 33.3 Å². The number of aromatic nitrogens is 3. The van der Waals surface area contributed by atoms with Gasteiger partial charge in [0.25, 0.3) is 0 Å². The molecule has 2 aromatic rings. The molecule has 0 radical (unpaired) electrons. The van der Waals surface area contributed by atoms with Crippen molar-refractivity contribution in [2.24, 2.45) is 12.0 Å². The molecule has 0 spiro atoms. The molecule has 1 N–H and O–H groups in total. The van der Waals surface area contributed by atoms with Crippen molar-refractivity contribution in [3.63, 3.8) is 0 Å². The van der Waals surface area contributed by atoms with Gasteiger partial charge in [-0.1, -0.05) is 6.92 Å². The molecular formula is C18H29IN6OS. The molecule has 0 saturated carbocycles. The van der Waals surface area contributed by atoms with Crippen molar-refractivity contribution in [2.45, 2.75) is 32.8 Å². The highest BCUT2D eigenvalue weighted by molar-refractivity contribution is 14.0. The smallest absolute Gasteiger partial charge is 0.193 e. The Hall–Kier alpha value is -1.20. The second kappa shape index (κ2) is 10.4. The van der Waals surface area contributed by atoms with Crippen LogP contribution in [-0.4, -0.2) is 58.9 Å². The Morgan fingerprint density at radius 2 is 2.30 bits per heavy atom. The molecule has 1 fully saturated rings. The van der Waals surface area contributed by atoms with Gasteiger partial charge >= 0.3 is 0 Å². The lowest BCUT2D eigenvalue weighted by Crippen LogP contribution is -2.48. The van der Waals surface area contributed by atoms with Crippen LogP contribution in [0, 0.1) is 6.92 Å². The number of ether oxygens (including phenoxy) is 1. The molecule has 0 amide bonds. The molecule has 3 heterocycles. The number of aliphatic imine (C=N–C) groups is 1. The molecule has 0 bridgehead atoms. The molecule has 2 aromatic heterocycles. The van der Waals surface area contributed by atoms with E-state index >= 15 is 0 Å². The van der Waals surface area contributed by atoms with Gasteiger partial charge in [0.15, 0.2) is 5.96 Å². The summed E-state index contributed by atoms with van der Waals surface area (Å²) in [6.07, 6.45) is 5.84. The third kappa shape index (κ3) is 5.64. The second-order valence-electron chi connectivity index (χ2n) is 6.44. The van der Waals surface area contributed by atoms with Gasteiger partial charge < -0.3 is 15.0 Å². The van der Waals surface area contributed by atoms with Gasteiger partial charge in [-0.15, -0.1) is 35.3 Å². The standard InChI is InChI=1S/C18H28N6OS.HI/c1-5-15-13(2)26-17(22-15)6-7-20-18(19-3)24-8-9-25-16(12-24)14-10-21-23(4)11-14;/h10-11,16H,5-9,12H2,1-4H3,(H,19,20);1H. The molecule has 0 aromatic carbocycles. The molecular weight excluding hydrogens is 475 g/mol. The lowest BCUT2D eigenvalue weighted by Gasteiger charge is -2.34. The number of thiazole rings is 1. The number of halogens is 1. The highest BCUT2D eigenvalue weighted by Crippen LogP contribution is 2.22. The number of guanidine groups is 1. The summed E-state index contributed by atoms with van der Waals surface area (Å²) >= 11 is 1.80. The largest absolute Gasteiger partial charge is 0.370 e. The van der Waals surface area contributed by atoms with E-state index in [2.05, 4.69) is 34.2 Å². The van der Waals surface area contributed by atoms with Crippen LogP contribution in [0.5, 0.6) is 0 Å². The Morgan fingerprint density at radius 1 is 1.48 bits per heavy atom.